The van der Waals surface area contributed by atoms with E-state index in [1.165, 1.54) is 18.1 Å². The van der Waals surface area contributed by atoms with Gasteiger partial charge in [-0.15, -0.1) is 5.10 Å². The number of aromatic nitrogens is 3. The van der Waals surface area contributed by atoms with Crippen LogP contribution in [0.2, 0.25) is 0 Å². The molecule has 0 atom stereocenters. The quantitative estimate of drug-likeness (QED) is 0.888. The highest BCUT2D eigenvalue weighted by atomic mass is 16.5. The number of benzene rings is 1. The Kier molecular flexibility index (Phi) is 3.27. The molecule has 1 aromatic carbocycles. The minimum atomic E-state index is -0.268. The molecule has 0 radical (unpaired) electrons. The molecule has 18 heavy (non-hydrogen) atoms. The number of anilines is 1. The lowest BCUT2D eigenvalue weighted by molar-refractivity contribution is 0.102. The number of amides is 1. The lowest BCUT2D eigenvalue weighted by Gasteiger charge is -2.08. The van der Waals surface area contributed by atoms with E-state index >= 15 is 0 Å². The summed E-state index contributed by atoms with van der Waals surface area (Å²) in [5.74, 6) is 0.670. The maximum absolute atomic E-state index is 12.1. The second-order valence-corrected chi connectivity index (χ2v) is 3.88. The van der Waals surface area contributed by atoms with Crippen molar-refractivity contribution in [1.29, 1.82) is 0 Å². The zero-order valence-electron chi connectivity index (χ0n) is 10.5. The monoisotopic (exact) mass is 246 g/mol. The molecule has 2 aromatic rings. The van der Waals surface area contributed by atoms with Gasteiger partial charge in [-0.2, -0.15) is 9.90 Å². The van der Waals surface area contributed by atoms with Gasteiger partial charge < -0.3 is 10.1 Å². The molecule has 1 N–H and O–H groups in total. The summed E-state index contributed by atoms with van der Waals surface area (Å²) in [5.41, 5.74) is 1.46. The molecule has 94 valence electrons. The zero-order valence-corrected chi connectivity index (χ0v) is 10.5. The van der Waals surface area contributed by atoms with Crippen LogP contribution in [-0.4, -0.2) is 28.0 Å². The fourth-order valence-corrected chi connectivity index (χ4v) is 1.59. The van der Waals surface area contributed by atoms with Crippen LogP contribution in [0.5, 0.6) is 5.75 Å². The highest BCUT2D eigenvalue weighted by Crippen LogP contribution is 2.20. The molecule has 1 heterocycles. The average Bonchev–Trinajstić information content (AvgIpc) is 2.74. The van der Waals surface area contributed by atoms with E-state index < -0.39 is 0 Å². The predicted octanol–water partition coefficient (Wildman–Crippen LogP) is 1.38. The van der Waals surface area contributed by atoms with Crippen LogP contribution >= 0.6 is 0 Å². The van der Waals surface area contributed by atoms with E-state index in [2.05, 4.69) is 15.5 Å². The van der Waals surface area contributed by atoms with Gasteiger partial charge in [-0.3, -0.25) is 4.79 Å². The van der Waals surface area contributed by atoms with Gasteiger partial charge in [-0.1, -0.05) is 11.6 Å². The van der Waals surface area contributed by atoms with Gasteiger partial charge >= 0.3 is 0 Å². The summed E-state index contributed by atoms with van der Waals surface area (Å²) in [6.07, 6.45) is 1.49. The topological polar surface area (TPSA) is 69.0 Å². The molecule has 0 aliphatic carbocycles. The molecule has 0 aliphatic heterocycles. The smallest absolute Gasteiger partial charge is 0.260 e. The van der Waals surface area contributed by atoms with Gasteiger partial charge in [0.25, 0.3) is 5.91 Å². The molecule has 6 heteroatoms. The van der Waals surface area contributed by atoms with Gasteiger partial charge in [0.2, 0.25) is 0 Å². The Labute approximate surface area is 105 Å². The van der Waals surface area contributed by atoms with Gasteiger partial charge in [0.05, 0.1) is 18.9 Å². The van der Waals surface area contributed by atoms with Gasteiger partial charge in [0.1, 0.15) is 5.75 Å². The van der Waals surface area contributed by atoms with Crippen LogP contribution in [0.1, 0.15) is 15.9 Å². The largest absolute Gasteiger partial charge is 0.496 e. The maximum Gasteiger partial charge on any atom is 0.260 e. The number of hydrogen-bond acceptors (Lipinski definition) is 4. The van der Waals surface area contributed by atoms with E-state index in [1.807, 2.05) is 13.0 Å². The summed E-state index contributed by atoms with van der Waals surface area (Å²) in [7, 11) is 3.21. The second kappa shape index (κ2) is 4.87. The van der Waals surface area contributed by atoms with Gasteiger partial charge in [0, 0.05) is 7.05 Å². The van der Waals surface area contributed by atoms with Crippen molar-refractivity contribution in [3.8, 4) is 5.75 Å². The van der Waals surface area contributed by atoms with Gasteiger partial charge in [0.15, 0.2) is 5.82 Å². The van der Waals surface area contributed by atoms with Crippen molar-refractivity contribution < 1.29 is 9.53 Å². The average molecular weight is 246 g/mol. The van der Waals surface area contributed by atoms with Crippen molar-refractivity contribution in [2.45, 2.75) is 6.92 Å². The number of methoxy groups -OCH3 is 1. The summed E-state index contributed by atoms with van der Waals surface area (Å²) in [6.45, 7) is 1.92. The molecule has 2 rings (SSSR count). The second-order valence-electron chi connectivity index (χ2n) is 3.88. The van der Waals surface area contributed by atoms with E-state index in [4.69, 9.17) is 4.74 Å². The van der Waals surface area contributed by atoms with Crippen LogP contribution in [0.25, 0.3) is 0 Å². The summed E-state index contributed by atoms with van der Waals surface area (Å²) in [5, 5.41) is 10.5. The lowest BCUT2D eigenvalue weighted by Crippen LogP contribution is -2.14. The number of nitrogens with zero attached hydrogens (tertiary/aromatic N) is 3. The van der Waals surface area contributed by atoms with Crippen molar-refractivity contribution in [3.05, 3.63) is 35.5 Å². The molecular weight excluding hydrogens is 232 g/mol. The molecule has 0 bridgehead atoms. The van der Waals surface area contributed by atoms with E-state index in [0.717, 1.165) is 5.56 Å². The fourth-order valence-electron chi connectivity index (χ4n) is 1.59. The van der Waals surface area contributed by atoms with Crippen LogP contribution < -0.4 is 10.1 Å². The summed E-state index contributed by atoms with van der Waals surface area (Å²) < 4.78 is 5.16. The highest BCUT2D eigenvalue weighted by Gasteiger charge is 2.13. The van der Waals surface area contributed by atoms with E-state index in [1.54, 1.807) is 19.2 Å². The van der Waals surface area contributed by atoms with Gasteiger partial charge in [-0.25, -0.2) is 0 Å². The van der Waals surface area contributed by atoms with E-state index in [-0.39, 0.29) is 5.91 Å². The number of hydrogen-bond donors (Lipinski definition) is 1. The molecular formula is C12H14N4O2. The first-order chi connectivity index (χ1) is 8.60. The Balaban J connectivity index is 2.25. The molecule has 1 amide bonds. The van der Waals surface area contributed by atoms with Gasteiger partial charge in [-0.05, 0) is 19.1 Å². The Morgan fingerprint density at radius 1 is 1.44 bits per heavy atom. The van der Waals surface area contributed by atoms with Crippen molar-refractivity contribution >= 4 is 11.7 Å². The highest BCUT2D eigenvalue weighted by molar-refractivity contribution is 6.05. The zero-order chi connectivity index (χ0) is 13.1. The first-order valence-corrected chi connectivity index (χ1v) is 5.42. The molecule has 0 saturated carbocycles. The lowest BCUT2D eigenvalue weighted by atomic mass is 10.1. The number of carbonyl (C=O) groups excluding carboxylic acids is 1. The Bertz CT molecular complexity index is 577. The number of rotatable bonds is 3. The Hall–Kier alpha value is -2.37. The van der Waals surface area contributed by atoms with Crippen molar-refractivity contribution in [3.63, 3.8) is 0 Å². The minimum Gasteiger partial charge on any atom is -0.496 e. The fraction of sp³-hybridized carbons (Fsp3) is 0.250. The first kappa shape index (κ1) is 12.1. The van der Waals surface area contributed by atoms with Crippen LogP contribution in [0.4, 0.5) is 5.82 Å². The third-order valence-corrected chi connectivity index (χ3v) is 2.44. The Morgan fingerprint density at radius 2 is 2.22 bits per heavy atom. The van der Waals surface area contributed by atoms with Crippen LogP contribution in [0, 0.1) is 6.92 Å². The molecule has 0 spiro atoms. The normalized spacial score (nSPS) is 10.2. The predicted molar refractivity (Wildman–Crippen MR) is 66.7 cm³/mol. The summed E-state index contributed by atoms with van der Waals surface area (Å²) in [6, 6.07) is 5.42. The number of carbonyl (C=O) groups is 1. The SMILES string of the molecule is COc1ccc(C)cc1C(=O)Nc1cnn(C)n1. The van der Waals surface area contributed by atoms with Crippen molar-refractivity contribution in [2.24, 2.45) is 7.05 Å². The summed E-state index contributed by atoms with van der Waals surface area (Å²) in [4.78, 5) is 13.5. The number of aryl methyl sites for hydroxylation is 2. The standard InChI is InChI=1S/C12H14N4O2/c1-8-4-5-10(18-3)9(6-8)12(17)14-11-7-13-16(2)15-11/h4-7H,1-3H3,(H,14,15,17). The third kappa shape index (κ3) is 2.48. The first-order valence-electron chi connectivity index (χ1n) is 5.42. The maximum atomic E-state index is 12.1. The molecule has 6 nitrogen and oxygen atoms in total. The third-order valence-electron chi connectivity index (χ3n) is 2.44. The molecule has 0 unspecified atom stereocenters. The van der Waals surface area contributed by atoms with Crippen LogP contribution in [-0.2, 0) is 7.05 Å². The summed E-state index contributed by atoms with van der Waals surface area (Å²) >= 11 is 0. The minimum absolute atomic E-state index is 0.268. The van der Waals surface area contributed by atoms with Crippen molar-refractivity contribution in [1.82, 2.24) is 15.0 Å². The number of nitrogens with one attached hydrogen (secondary N) is 1. The molecule has 0 fully saturated rings. The molecule has 0 saturated heterocycles. The molecule has 1 aromatic heterocycles. The molecule has 0 aliphatic rings. The van der Waals surface area contributed by atoms with Crippen molar-refractivity contribution in [2.75, 3.05) is 12.4 Å². The van der Waals surface area contributed by atoms with Crippen LogP contribution in [0.15, 0.2) is 24.4 Å². The van der Waals surface area contributed by atoms with E-state index in [0.29, 0.717) is 17.1 Å². The van der Waals surface area contributed by atoms with Crippen LogP contribution in [0.3, 0.4) is 0 Å². The Morgan fingerprint density at radius 3 is 2.83 bits per heavy atom. The number of ether oxygens (including phenoxy) is 1. The van der Waals surface area contributed by atoms with E-state index in [9.17, 15) is 4.79 Å².